The van der Waals surface area contributed by atoms with Crippen molar-refractivity contribution in [3.63, 3.8) is 0 Å². The number of nitrogens with two attached hydrogens (primary N) is 3. The Balaban J connectivity index is 3.23. The maximum atomic E-state index is 10.8. The number of imidazole rings is 1. The molecule has 1 aromatic heterocycles. The fourth-order valence-corrected chi connectivity index (χ4v) is 1.03. The number of primary amides is 2. The summed E-state index contributed by atoms with van der Waals surface area (Å²) in [5.41, 5.74) is 15.2. The van der Waals surface area contributed by atoms with E-state index in [-0.39, 0.29) is 11.5 Å². The molecule has 8 heteroatoms. The minimum Gasteiger partial charge on any atom is -0.383 e. The van der Waals surface area contributed by atoms with Crippen molar-refractivity contribution < 1.29 is 9.59 Å². The molecule has 8 nitrogen and oxygen atoms in total. The van der Waals surface area contributed by atoms with Gasteiger partial charge in [0.1, 0.15) is 5.82 Å². The first-order chi connectivity index (χ1) is 6.99. The van der Waals surface area contributed by atoms with E-state index in [0.29, 0.717) is 0 Å². The van der Waals surface area contributed by atoms with Gasteiger partial charge in [0.2, 0.25) is 6.04 Å². The molecule has 0 aliphatic carbocycles. The molecule has 0 bridgehead atoms. The van der Waals surface area contributed by atoms with Crippen molar-refractivity contribution in [3.8, 4) is 6.07 Å². The van der Waals surface area contributed by atoms with Crippen LogP contribution in [0.4, 0.5) is 5.82 Å². The predicted octanol–water partition coefficient (Wildman–Crippen LogP) is -1.89. The van der Waals surface area contributed by atoms with Crippen molar-refractivity contribution in [1.29, 1.82) is 5.26 Å². The minimum absolute atomic E-state index is 0.159. The molecule has 15 heavy (non-hydrogen) atoms. The molecule has 6 N–H and O–H groups in total. The normalized spacial score (nSPS) is 11.7. The first-order valence-corrected chi connectivity index (χ1v) is 3.80. The lowest BCUT2D eigenvalue weighted by Crippen LogP contribution is -2.26. The largest absolute Gasteiger partial charge is 0.383 e. The average Bonchev–Trinajstić information content (AvgIpc) is 2.49. The van der Waals surface area contributed by atoms with Crippen LogP contribution in [0.15, 0.2) is 6.33 Å². The van der Waals surface area contributed by atoms with E-state index in [1.165, 1.54) is 0 Å². The second kappa shape index (κ2) is 3.67. The van der Waals surface area contributed by atoms with Crippen molar-refractivity contribution >= 4 is 17.6 Å². The lowest BCUT2D eigenvalue weighted by Gasteiger charge is -2.07. The third-order valence-corrected chi connectivity index (χ3v) is 1.74. The van der Waals surface area contributed by atoms with Gasteiger partial charge in [-0.1, -0.05) is 0 Å². The first-order valence-electron chi connectivity index (χ1n) is 3.80. The maximum Gasteiger partial charge on any atom is 0.271 e. The highest BCUT2D eigenvalue weighted by Crippen LogP contribution is 2.15. The zero-order chi connectivity index (χ0) is 11.6. The van der Waals surface area contributed by atoms with Crippen molar-refractivity contribution in [2.24, 2.45) is 11.5 Å². The second-order valence-corrected chi connectivity index (χ2v) is 2.68. The number of nitrogen functional groups attached to an aromatic ring is 1. The van der Waals surface area contributed by atoms with Crippen LogP contribution in [0.3, 0.4) is 0 Å². The van der Waals surface area contributed by atoms with Crippen molar-refractivity contribution in [2.45, 2.75) is 6.04 Å². The van der Waals surface area contributed by atoms with E-state index in [2.05, 4.69) is 4.98 Å². The zero-order valence-electron chi connectivity index (χ0n) is 7.54. The molecule has 1 atom stereocenters. The number of hydrogen-bond acceptors (Lipinski definition) is 5. The van der Waals surface area contributed by atoms with Gasteiger partial charge in [-0.15, -0.1) is 0 Å². The summed E-state index contributed by atoms with van der Waals surface area (Å²) in [6, 6.07) is 0.327. The Labute approximate surface area is 84.3 Å². The lowest BCUT2D eigenvalue weighted by molar-refractivity contribution is -0.119. The molecule has 2 amide bonds. The Bertz CT molecular complexity index is 457. The summed E-state index contributed by atoms with van der Waals surface area (Å²) in [4.78, 5) is 25.2. The van der Waals surface area contributed by atoms with E-state index in [9.17, 15) is 9.59 Å². The van der Waals surface area contributed by atoms with Crippen LogP contribution in [-0.2, 0) is 4.79 Å². The van der Waals surface area contributed by atoms with Crippen LogP contribution in [0, 0.1) is 11.3 Å². The molecular formula is C7H8N6O2. The molecule has 1 heterocycles. The number of nitriles is 1. The lowest BCUT2D eigenvalue weighted by atomic mass is 10.3. The predicted molar refractivity (Wildman–Crippen MR) is 49.0 cm³/mol. The number of anilines is 1. The Kier molecular flexibility index (Phi) is 2.57. The molecule has 1 aromatic rings. The molecular weight excluding hydrogens is 200 g/mol. The number of hydrogen-bond donors (Lipinski definition) is 3. The molecule has 78 valence electrons. The summed E-state index contributed by atoms with van der Waals surface area (Å²) in [5, 5.41) is 8.65. The van der Waals surface area contributed by atoms with E-state index in [1.54, 1.807) is 6.07 Å². The third-order valence-electron chi connectivity index (χ3n) is 1.74. The van der Waals surface area contributed by atoms with E-state index in [1.807, 2.05) is 0 Å². The van der Waals surface area contributed by atoms with Gasteiger partial charge < -0.3 is 17.2 Å². The van der Waals surface area contributed by atoms with Crippen LogP contribution in [-0.4, -0.2) is 21.4 Å². The number of nitrogens with zero attached hydrogens (tertiary/aromatic N) is 3. The fourth-order valence-electron chi connectivity index (χ4n) is 1.03. The average molecular weight is 208 g/mol. The molecule has 1 rings (SSSR count). The van der Waals surface area contributed by atoms with E-state index < -0.39 is 17.9 Å². The molecule has 0 fully saturated rings. The van der Waals surface area contributed by atoms with Gasteiger partial charge in [-0.3, -0.25) is 14.2 Å². The highest BCUT2D eigenvalue weighted by molar-refractivity contribution is 5.95. The molecule has 0 saturated carbocycles. The van der Waals surface area contributed by atoms with Crippen molar-refractivity contribution in [1.82, 2.24) is 9.55 Å². The fraction of sp³-hybridized carbons (Fsp3) is 0.143. The van der Waals surface area contributed by atoms with Gasteiger partial charge in [0.25, 0.3) is 11.8 Å². The summed E-state index contributed by atoms with van der Waals surface area (Å²) in [7, 11) is 0. The van der Waals surface area contributed by atoms with Crippen LogP contribution in [0.1, 0.15) is 16.5 Å². The number of carbonyl (C=O) groups is 2. The van der Waals surface area contributed by atoms with E-state index in [4.69, 9.17) is 22.5 Å². The van der Waals surface area contributed by atoms with Gasteiger partial charge in [-0.25, -0.2) is 4.98 Å². The minimum atomic E-state index is -1.30. The third kappa shape index (κ3) is 1.71. The molecule has 0 aromatic carbocycles. The molecule has 0 saturated heterocycles. The summed E-state index contributed by atoms with van der Waals surface area (Å²) < 4.78 is 0.989. The Morgan fingerprint density at radius 1 is 1.53 bits per heavy atom. The second-order valence-electron chi connectivity index (χ2n) is 2.68. The zero-order valence-corrected chi connectivity index (χ0v) is 7.54. The molecule has 0 unspecified atom stereocenters. The van der Waals surface area contributed by atoms with Gasteiger partial charge in [0.15, 0.2) is 5.69 Å². The highest BCUT2D eigenvalue weighted by atomic mass is 16.2. The van der Waals surface area contributed by atoms with Gasteiger partial charge in [-0.2, -0.15) is 5.26 Å². The molecule has 0 aliphatic rings. The van der Waals surface area contributed by atoms with Crippen LogP contribution in [0.5, 0.6) is 0 Å². The summed E-state index contributed by atoms with van der Waals surface area (Å²) >= 11 is 0. The topological polar surface area (TPSA) is 154 Å². The van der Waals surface area contributed by atoms with Crippen LogP contribution in [0.2, 0.25) is 0 Å². The Morgan fingerprint density at radius 2 is 2.13 bits per heavy atom. The number of carbonyl (C=O) groups excluding carboxylic acids is 2. The summed E-state index contributed by atoms with van der Waals surface area (Å²) in [6.07, 6.45) is 1.06. The van der Waals surface area contributed by atoms with Crippen LogP contribution >= 0.6 is 0 Å². The van der Waals surface area contributed by atoms with E-state index in [0.717, 1.165) is 10.9 Å². The van der Waals surface area contributed by atoms with Gasteiger partial charge in [0, 0.05) is 0 Å². The van der Waals surface area contributed by atoms with E-state index >= 15 is 0 Å². The molecule has 0 spiro atoms. The van der Waals surface area contributed by atoms with Gasteiger partial charge in [0.05, 0.1) is 12.4 Å². The van der Waals surface area contributed by atoms with Crippen LogP contribution in [0.25, 0.3) is 0 Å². The number of amides is 2. The van der Waals surface area contributed by atoms with Gasteiger partial charge in [-0.05, 0) is 0 Å². The summed E-state index contributed by atoms with van der Waals surface area (Å²) in [6.45, 7) is 0. The first kappa shape index (κ1) is 10.5. The van der Waals surface area contributed by atoms with Crippen LogP contribution < -0.4 is 17.2 Å². The van der Waals surface area contributed by atoms with Crippen molar-refractivity contribution in [2.75, 3.05) is 5.73 Å². The SMILES string of the molecule is N#C[C@H](C(N)=O)n1cnc(C(N)=O)c1N. The maximum absolute atomic E-state index is 10.8. The smallest absolute Gasteiger partial charge is 0.271 e. The Morgan fingerprint density at radius 3 is 2.47 bits per heavy atom. The molecule has 0 aliphatic heterocycles. The quantitative estimate of drug-likeness (QED) is 0.530. The van der Waals surface area contributed by atoms with Gasteiger partial charge >= 0.3 is 0 Å². The standard InChI is InChI=1S/C7H8N6O2/c8-1-3(6(10)14)13-2-12-4(5(13)9)7(11)15/h2-3H,9H2,(H2,10,14)(H2,11,15)/t3-/m1/s1. The Hall–Kier alpha value is -2.56. The summed E-state index contributed by atoms with van der Waals surface area (Å²) in [5.74, 6) is -1.89. The molecule has 0 radical (unpaired) electrons. The highest BCUT2D eigenvalue weighted by Gasteiger charge is 2.22. The number of aromatic nitrogens is 2. The monoisotopic (exact) mass is 208 g/mol. The number of rotatable bonds is 3. The van der Waals surface area contributed by atoms with Crippen molar-refractivity contribution in [3.05, 3.63) is 12.0 Å².